The molecule has 138 valence electrons. The first-order valence-electron chi connectivity index (χ1n) is 8.24. The molecule has 1 amide bonds. The maximum absolute atomic E-state index is 12.4. The fraction of sp³-hybridized carbons (Fsp3) is 0.412. The number of benzene rings is 1. The van der Waals surface area contributed by atoms with Crippen LogP contribution in [0.5, 0.6) is 11.5 Å². The first kappa shape index (κ1) is 17.7. The Kier molecular flexibility index (Phi) is 4.79. The van der Waals surface area contributed by atoms with Crippen molar-refractivity contribution in [1.82, 2.24) is 20.3 Å². The molecule has 0 unspecified atom stereocenters. The number of carbonyl (C=O) groups excluding carboxylic acids is 1. The molecule has 0 bridgehead atoms. The molecule has 0 fully saturated rings. The Morgan fingerprint density at radius 2 is 1.92 bits per heavy atom. The second kappa shape index (κ2) is 7.03. The number of aliphatic carboxylic acids is 1. The van der Waals surface area contributed by atoms with Gasteiger partial charge in [0.05, 0.1) is 11.4 Å². The van der Waals surface area contributed by atoms with Gasteiger partial charge in [0.15, 0.2) is 17.2 Å². The van der Waals surface area contributed by atoms with Crippen molar-refractivity contribution < 1.29 is 24.2 Å². The zero-order valence-corrected chi connectivity index (χ0v) is 14.7. The molecule has 1 aromatic heterocycles. The van der Waals surface area contributed by atoms with Crippen LogP contribution in [0.1, 0.15) is 30.0 Å². The third kappa shape index (κ3) is 3.32. The molecule has 1 aliphatic rings. The van der Waals surface area contributed by atoms with Crippen molar-refractivity contribution in [2.75, 3.05) is 13.2 Å². The maximum Gasteiger partial charge on any atom is 0.326 e. The molecule has 9 nitrogen and oxygen atoms in total. The molecule has 9 heteroatoms. The lowest BCUT2D eigenvalue weighted by Crippen LogP contribution is -2.44. The number of carboxylic acids is 1. The zero-order valence-electron chi connectivity index (χ0n) is 14.7. The molecule has 0 radical (unpaired) electrons. The predicted octanol–water partition coefficient (Wildman–Crippen LogP) is 1.19. The zero-order chi connectivity index (χ0) is 18.8. The average Bonchev–Trinajstić information content (AvgIpc) is 3.00. The topological polar surface area (TPSA) is 116 Å². The Morgan fingerprint density at radius 1 is 1.23 bits per heavy atom. The number of amides is 1. The van der Waals surface area contributed by atoms with E-state index < -0.39 is 17.9 Å². The molecule has 0 spiro atoms. The number of carbonyl (C=O) groups is 2. The number of nitrogens with zero attached hydrogens (tertiary/aromatic N) is 3. The average molecular weight is 360 g/mol. The van der Waals surface area contributed by atoms with E-state index in [4.69, 9.17) is 9.47 Å². The van der Waals surface area contributed by atoms with Crippen LogP contribution in [0.15, 0.2) is 18.2 Å². The van der Waals surface area contributed by atoms with Crippen molar-refractivity contribution in [3.05, 3.63) is 29.6 Å². The molecule has 2 heterocycles. The van der Waals surface area contributed by atoms with E-state index in [1.165, 1.54) is 4.68 Å². The third-order valence-electron chi connectivity index (χ3n) is 4.10. The summed E-state index contributed by atoms with van der Waals surface area (Å²) in [6.45, 7) is 6.10. The lowest BCUT2D eigenvalue weighted by molar-refractivity contribution is -0.140. The summed E-state index contributed by atoms with van der Waals surface area (Å²) in [7, 11) is 0. The van der Waals surface area contributed by atoms with Crippen LogP contribution in [-0.2, 0) is 4.79 Å². The van der Waals surface area contributed by atoms with Crippen LogP contribution in [0.3, 0.4) is 0 Å². The number of carboxylic acid groups (broad SMARTS) is 1. The summed E-state index contributed by atoms with van der Waals surface area (Å²) in [4.78, 5) is 23.7. The molecule has 2 aromatic rings. The summed E-state index contributed by atoms with van der Waals surface area (Å²) in [5.74, 6) is -0.681. The number of rotatable bonds is 5. The summed E-state index contributed by atoms with van der Waals surface area (Å²) in [5.41, 5.74) is 1.23. The van der Waals surface area contributed by atoms with Crippen molar-refractivity contribution in [3.8, 4) is 17.2 Å². The maximum atomic E-state index is 12.4. The molecule has 3 rings (SSSR count). The van der Waals surface area contributed by atoms with Gasteiger partial charge >= 0.3 is 5.97 Å². The molecule has 1 aliphatic heterocycles. The van der Waals surface area contributed by atoms with Crippen molar-refractivity contribution in [3.63, 3.8) is 0 Å². The Hall–Kier alpha value is -3.10. The number of nitrogens with one attached hydrogen (secondary N) is 1. The summed E-state index contributed by atoms with van der Waals surface area (Å²) in [5, 5.41) is 19.6. The van der Waals surface area contributed by atoms with Gasteiger partial charge < -0.3 is 19.9 Å². The molecular formula is C17H20N4O5. The van der Waals surface area contributed by atoms with E-state index in [0.29, 0.717) is 36.1 Å². The first-order valence-corrected chi connectivity index (χ1v) is 8.24. The monoisotopic (exact) mass is 360 g/mol. The van der Waals surface area contributed by atoms with E-state index in [2.05, 4.69) is 15.6 Å². The van der Waals surface area contributed by atoms with Crippen molar-refractivity contribution in [2.24, 2.45) is 5.92 Å². The number of hydrogen-bond acceptors (Lipinski definition) is 6. The van der Waals surface area contributed by atoms with E-state index in [0.717, 1.165) is 0 Å². The Morgan fingerprint density at radius 3 is 2.58 bits per heavy atom. The van der Waals surface area contributed by atoms with Crippen LogP contribution in [-0.4, -0.2) is 51.2 Å². The van der Waals surface area contributed by atoms with Crippen molar-refractivity contribution >= 4 is 11.9 Å². The van der Waals surface area contributed by atoms with Crippen LogP contribution < -0.4 is 14.8 Å². The normalized spacial score (nSPS) is 14.2. The van der Waals surface area contributed by atoms with Gasteiger partial charge in [-0.1, -0.05) is 19.1 Å². The SMILES string of the molecule is Cc1c(C(=O)N[C@@H](C(=O)O)C(C)C)nnn1-c1ccc2c(c1)OCCO2. The van der Waals surface area contributed by atoms with Gasteiger partial charge in [-0.2, -0.15) is 0 Å². The molecule has 26 heavy (non-hydrogen) atoms. The fourth-order valence-electron chi connectivity index (χ4n) is 2.67. The molecule has 0 saturated carbocycles. The first-order chi connectivity index (χ1) is 12.4. The van der Waals surface area contributed by atoms with Crippen LogP contribution >= 0.6 is 0 Å². The second-order valence-electron chi connectivity index (χ2n) is 6.30. The van der Waals surface area contributed by atoms with Crippen LogP contribution in [0.2, 0.25) is 0 Å². The van der Waals surface area contributed by atoms with Crippen molar-refractivity contribution in [2.45, 2.75) is 26.8 Å². The highest BCUT2D eigenvalue weighted by molar-refractivity contribution is 5.95. The van der Waals surface area contributed by atoms with E-state index in [-0.39, 0.29) is 11.6 Å². The van der Waals surface area contributed by atoms with Gasteiger partial charge in [-0.3, -0.25) is 4.79 Å². The minimum absolute atomic E-state index is 0.0757. The summed E-state index contributed by atoms with van der Waals surface area (Å²) in [6, 6.07) is 4.31. The van der Waals surface area contributed by atoms with Crippen molar-refractivity contribution in [1.29, 1.82) is 0 Å². The summed E-state index contributed by atoms with van der Waals surface area (Å²) >= 11 is 0. The van der Waals surface area contributed by atoms with Crippen LogP contribution in [0.25, 0.3) is 5.69 Å². The van der Waals surface area contributed by atoms with Crippen LogP contribution in [0.4, 0.5) is 0 Å². The summed E-state index contributed by atoms with van der Waals surface area (Å²) in [6.07, 6.45) is 0. The largest absolute Gasteiger partial charge is 0.486 e. The second-order valence-corrected chi connectivity index (χ2v) is 6.30. The van der Waals surface area contributed by atoms with E-state index in [9.17, 15) is 14.7 Å². The quantitative estimate of drug-likeness (QED) is 0.823. The highest BCUT2D eigenvalue weighted by Gasteiger charge is 2.27. The number of aromatic nitrogens is 3. The smallest absolute Gasteiger partial charge is 0.326 e. The van der Waals surface area contributed by atoms with E-state index >= 15 is 0 Å². The Balaban J connectivity index is 1.86. The van der Waals surface area contributed by atoms with Gasteiger partial charge in [0, 0.05) is 6.07 Å². The van der Waals surface area contributed by atoms with Crippen LogP contribution in [0, 0.1) is 12.8 Å². The standard InChI is InChI=1S/C17H20N4O5/c1-9(2)14(17(23)24)18-16(22)15-10(3)21(20-19-15)11-4-5-12-13(8-11)26-7-6-25-12/h4-5,8-9,14H,6-7H2,1-3H3,(H,18,22)(H,23,24)/t14-/m1/s1. The predicted molar refractivity (Wildman–Crippen MR) is 90.8 cm³/mol. The van der Waals surface area contributed by atoms with Gasteiger partial charge in [0.2, 0.25) is 0 Å². The Labute approximate surface area is 149 Å². The van der Waals surface area contributed by atoms with Gasteiger partial charge in [0.1, 0.15) is 19.3 Å². The molecule has 0 saturated heterocycles. The number of ether oxygens (including phenoxy) is 2. The fourth-order valence-corrected chi connectivity index (χ4v) is 2.67. The van der Waals surface area contributed by atoms with Gasteiger partial charge in [-0.25, -0.2) is 9.48 Å². The molecule has 0 aliphatic carbocycles. The van der Waals surface area contributed by atoms with Gasteiger partial charge in [-0.05, 0) is 25.0 Å². The van der Waals surface area contributed by atoms with Gasteiger partial charge in [-0.15, -0.1) is 5.10 Å². The highest BCUT2D eigenvalue weighted by atomic mass is 16.6. The molecular weight excluding hydrogens is 340 g/mol. The lowest BCUT2D eigenvalue weighted by Gasteiger charge is -2.19. The minimum atomic E-state index is -1.09. The van der Waals surface area contributed by atoms with E-state index in [1.807, 2.05) is 0 Å². The molecule has 1 atom stereocenters. The Bertz CT molecular complexity index is 846. The van der Waals surface area contributed by atoms with Gasteiger partial charge in [0.25, 0.3) is 5.91 Å². The lowest BCUT2D eigenvalue weighted by atomic mass is 10.0. The number of fused-ring (bicyclic) bond motifs is 1. The molecule has 2 N–H and O–H groups in total. The molecule has 1 aromatic carbocycles. The minimum Gasteiger partial charge on any atom is -0.486 e. The summed E-state index contributed by atoms with van der Waals surface area (Å²) < 4.78 is 12.5. The third-order valence-corrected chi connectivity index (χ3v) is 4.10. The van der Waals surface area contributed by atoms with E-state index in [1.54, 1.807) is 39.0 Å². The highest BCUT2D eigenvalue weighted by Crippen LogP contribution is 2.32. The number of hydrogen-bond donors (Lipinski definition) is 2.